The van der Waals surface area contributed by atoms with E-state index in [0.29, 0.717) is 17.8 Å². The van der Waals surface area contributed by atoms with Crippen LogP contribution >= 0.6 is 0 Å². The van der Waals surface area contributed by atoms with Crippen LogP contribution in [0.2, 0.25) is 0 Å². The lowest BCUT2D eigenvalue weighted by Gasteiger charge is -2.10. The monoisotopic (exact) mass is 395 g/mol. The lowest BCUT2D eigenvalue weighted by molar-refractivity contribution is 0.0590. The Bertz CT molecular complexity index is 1060. The van der Waals surface area contributed by atoms with Gasteiger partial charge in [0.15, 0.2) is 5.03 Å². The van der Waals surface area contributed by atoms with Crippen molar-refractivity contribution in [2.24, 2.45) is 0 Å². The molecule has 0 atom stereocenters. The van der Waals surface area contributed by atoms with E-state index in [1.54, 1.807) is 0 Å². The van der Waals surface area contributed by atoms with E-state index in [1.165, 1.54) is 35.4 Å². The molecule has 0 spiro atoms. The van der Waals surface area contributed by atoms with Crippen molar-refractivity contribution in [3.05, 3.63) is 60.1 Å². The Hall–Kier alpha value is -3.41. The molecule has 0 aliphatic carbocycles. The van der Waals surface area contributed by atoms with Crippen molar-refractivity contribution in [3.8, 4) is 5.69 Å². The van der Waals surface area contributed by atoms with E-state index >= 15 is 0 Å². The summed E-state index contributed by atoms with van der Waals surface area (Å²) in [6.07, 6.45) is 4.22. The van der Waals surface area contributed by atoms with Gasteiger partial charge in [-0.3, -0.25) is 4.72 Å². The Morgan fingerprint density at radius 1 is 1.22 bits per heavy atom. The molecule has 27 heavy (non-hydrogen) atoms. The number of esters is 1. The van der Waals surface area contributed by atoms with Crippen LogP contribution in [-0.2, 0) is 14.8 Å². The molecule has 0 amide bonds. The molecule has 2 heterocycles. The summed E-state index contributed by atoms with van der Waals surface area (Å²) in [5.74, 6) is -3.76. The van der Waals surface area contributed by atoms with Crippen molar-refractivity contribution in [1.29, 1.82) is 0 Å². The number of nitrogens with zero attached hydrogens (tertiary/aromatic N) is 4. The normalized spacial score (nSPS) is 11.2. The quantitative estimate of drug-likeness (QED) is 0.651. The van der Waals surface area contributed by atoms with E-state index < -0.39 is 38.9 Å². The molecule has 3 aromatic rings. The number of benzene rings is 1. The van der Waals surface area contributed by atoms with Crippen LogP contribution in [0.5, 0.6) is 0 Å². The molecule has 0 bridgehead atoms. The molecule has 0 saturated carbocycles. The van der Waals surface area contributed by atoms with Gasteiger partial charge in [0.1, 0.15) is 17.2 Å². The maximum Gasteiger partial charge on any atom is 0.343 e. The smallest absolute Gasteiger partial charge is 0.343 e. The van der Waals surface area contributed by atoms with Gasteiger partial charge in [0.2, 0.25) is 0 Å². The number of sulfonamides is 1. The third-order valence-electron chi connectivity index (χ3n) is 3.37. The van der Waals surface area contributed by atoms with E-state index in [9.17, 15) is 22.0 Å². The molecule has 1 aromatic carbocycles. The molecule has 9 nitrogen and oxygen atoms in total. The van der Waals surface area contributed by atoms with Gasteiger partial charge in [0.05, 0.1) is 37.1 Å². The van der Waals surface area contributed by atoms with Gasteiger partial charge >= 0.3 is 5.97 Å². The van der Waals surface area contributed by atoms with Crippen molar-refractivity contribution >= 4 is 21.7 Å². The number of halogens is 2. The first-order chi connectivity index (χ1) is 12.8. The molecule has 0 aliphatic heterocycles. The van der Waals surface area contributed by atoms with Crippen molar-refractivity contribution in [2.75, 3.05) is 11.8 Å². The van der Waals surface area contributed by atoms with Gasteiger partial charge in [-0.15, -0.1) is 5.10 Å². The van der Waals surface area contributed by atoms with Gasteiger partial charge in [0.25, 0.3) is 10.0 Å². The van der Waals surface area contributed by atoms with E-state index in [1.807, 2.05) is 4.72 Å². The van der Waals surface area contributed by atoms with Crippen LogP contribution in [0.25, 0.3) is 5.69 Å². The Labute approximate surface area is 151 Å². The van der Waals surface area contributed by atoms with E-state index in [0.717, 1.165) is 7.11 Å². The number of methoxy groups -OCH3 is 1. The first-order valence-corrected chi connectivity index (χ1v) is 8.73. The van der Waals surface area contributed by atoms with E-state index in [2.05, 4.69) is 20.0 Å². The number of aromatic nitrogens is 4. The largest absolute Gasteiger partial charge is 0.465 e. The maximum atomic E-state index is 13.9. The van der Waals surface area contributed by atoms with Crippen LogP contribution in [0, 0.1) is 11.6 Å². The van der Waals surface area contributed by atoms with Crippen LogP contribution in [0.1, 0.15) is 10.4 Å². The van der Waals surface area contributed by atoms with Crippen LogP contribution < -0.4 is 4.72 Å². The summed E-state index contributed by atoms with van der Waals surface area (Å²) >= 11 is 0. The van der Waals surface area contributed by atoms with Crippen molar-refractivity contribution in [1.82, 2.24) is 20.0 Å². The molecule has 3 rings (SSSR count). The van der Waals surface area contributed by atoms with Crippen molar-refractivity contribution in [3.63, 3.8) is 0 Å². The minimum Gasteiger partial charge on any atom is -0.465 e. The van der Waals surface area contributed by atoms with Crippen LogP contribution in [0.15, 0.2) is 47.9 Å². The first-order valence-electron chi connectivity index (χ1n) is 7.25. The minimum absolute atomic E-state index is 0.385. The number of rotatable bonds is 5. The second kappa shape index (κ2) is 7.07. The van der Waals surface area contributed by atoms with Gasteiger partial charge in [0, 0.05) is 0 Å². The zero-order chi connectivity index (χ0) is 19.6. The number of pyridine rings is 1. The zero-order valence-corrected chi connectivity index (χ0v) is 14.4. The number of anilines is 1. The molecule has 0 saturated heterocycles. The SMILES string of the molecule is COC(=O)c1c(F)cc(NS(=O)(=O)c2ccc(-n3ccnn3)cn2)cc1F. The molecular formula is C15H11F2N5O4S. The molecule has 0 fully saturated rings. The molecule has 2 aromatic heterocycles. The highest BCUT2D eigenvalue weighted by atomic mass is 32.2. The standard InChI is InChI=1S/C15H11F2N5O4S/c1-26-15(23)14-11(16)6-9(7-12(14)17)20-27(24,25)13-3-2-10(8-18-13)22-5-4-19-21-22/h2-8,20H,1H3. The van der Waals surface area contributed by atoms with Gasteiger partial charge < -0.3 is 4.74 Å². The lowest BCUT2D eigenvalue weighted by atomic mass is 10.2. The summed E-state index contributed by atoms with van der Waals surface area (Å²) in [6.45, 7) is 0. The number of hydrogen-bond donors (Lipinski definition) is 1. The van der Waals surface area contributed by atoms with Crippen molar-refractivity contribution < 1.29 is 26.7 Å². The maximum absolute atomic E-state index is 13.9. The highest BCUT2D eigenvalue weighted by Crippen LogP contribution is 2.22. The number of carbonyl (C=O) groups is 1. The Morgan fingerprint density at radius 2 is 1.93 bits per heavy atom. The average molecular weight is 395 g/mol. The molecular weight excluding hydrogens is 384 g/mol. The lowest BCUT2D eigenvalue weighted by Crippen LogP contribution is -2.16. The number of nitrogens with one attached hydrogen (secondary N) is 1. The Kier molecular flexibility index (Phi) is 4.81. The third-order valence-corrected chi connectivity index (χ3v) is 4.66. The highest BCUT2D eigenvalue weighted by Gasteiger charge is 2.22. The fourth-order valence-corrected chi connectivity index (χ4v) is 3.12. The van der Waals surface area contributed by atoms with Gasteiger partial charge in [-0.2, -0.15) is 8.42 Å². The minimum atomic E-state index is -4.23. The molecule has 0 unspecified atom stereocenters. The predicted octanol–water partition coefficient (Wildman–Crippen LogP) is 1.53. The predicted molar refractivity (Wildman–Crippen MR) is 87.7 cm³/mol. The van der Waals surface area contributed by atoms with Crippen LogP contribution in [0.3, 0.4) is 0 Å². The van der Waals surface area contributed by atoms with Gasteiger partial charge in [-0.25, -0.2) is 23.2 Å². The molecule has 140 valence electrons. The topological polar surface area (TPSA) is 116 Å². The van der Waals surface area contributed by atoms with Crippen molar-refractivity contribution in [2.45, 2.75) is 5.03 Å². The summed E-state index contributed by atoms with van der Waals surface area (Å²) in [7, 11) is -3.26. The molecule has 0 radical (unpaired) electrons. The summed E-state index contributed by atoms with van der Waals surface area (Å²) in [4.78, 5) is 15.1. The summed E-state index contributed by atoms with van der Waals surface area (Å²) < 4.78 is 60.2. The number of hydrogen-bond acceptors (Lipinski definition) is 7. The second-order valence-corrected chi connectivity index (χ2v) is 6.74. The Morgan fingerprint density at radius 3 is 2.44 bits per heavy atom. The average Bonchev–Trinajstić information content (AvgIpc) is 3.15. The second-order valence-electron chi connectivity index (χ2n) is 5.11. The fourth-order valence-electron chi connectivity index (χ4n) is 2.15. The highest BCUT2D eigenvalue weighted by molar-refractivity contribution is 7.92. The molecule has 1 N–H and O–H groups in total. The summed E-state index contributed by atoms with van der Waals surface area (Å²) in [5.41, 5.74) is -0.874. The summed E-state index contributed by atoms with van der Waals surface area (Å²) in [6, 6.07) is 3.94. The summed E-state index contributed by atoms with van der Waals surface area (Å²) in [5, 5.41) is 6.97. The Balaban J connectivity index is 1.87. The van der Waals surface area contributed by atoms with Crippen LogP contribution in [0.4, 0.5) is 14.5 Å². The first kappa shape index (κ1) is 18.4. The molecule has 0 aliphatic rings. The third kappa shape index (κ3) is 3.74. The fraction of sp³-hybridized carbons (Fsp3) is 0.0667. The van der Waals surface area contributed by atoms with Gasteiger partial charge in [-0.05, 0) is 24.3 Å². The van der Waals surface area contributed by atoms with Gasteiger partial charge in [-0.1, -0.05) is 5.21 Å². The number of carbonyl (C=O) groups excluding carboxylic acids is 1. The molecule has 12 heteroatoms. The van der Waals surface area contributed by atoms with E-state index in [-0.39, 0.29) is 5.03 Å². The zero-order valence-electron chi connectivity index (χ0n) is 13.6. The van der Waals surface area contributed by atoms with E-state index in [4.69, 9.17) is 0 Å². The van der Waals surface area contributed by atoms with Crippen LogP contribution in [-0.4, -0.2) is 41.5 Å². The number of ether oxygens (including phenoxy) is 1.